The summed E-state index contributed by atoms with van der Waals surface area (Å²) in [5, 5.41) is 0. The largest absolute Gasteiger partial charge is 0.457 e. The second kappa shape index (κ2) is 6.04. The van der Waals surface area contributed by atoms with E-state index >= 15 is 0 Å². The topological polar surface area (TPSA) is 95.4 Å². The van der Waals surface area contributed by atoms with Crippen molar-refractivity contribution < 1.29 is 18.7 Å². The highest BCUT2D eigenvalue weighted by atomic mass is 19.1. The Hall–Kier alpha value is -2.89. The number of halogens is 1. The summed E-state index contributed by atoms with van der Waals surface area (Å²) < 4.78 is 18.6. The molecule has 5 nitrogen and oxygen atoms in total. The molecular weight excluding hydrogens is 275 g/mol. The van der Waals surface area contributed by atoms with Crippen LogP contribution >= 0.6 is 0 Å². The number of carbonyl (C=O) groups excluding carboxylic acids is 2. The molecule has 0 unspecified atom stereocenters. The fourth-order valence-corrected chi connectivity index (χ4v) is 1.74. The van der Waals surface area contributed by atoms with Gasteiger partial charge in [-0.1, -0.05) is 12.1 Å². The van der Waals surface area contributed by atoms with Crippen LogP contribution in [0.4, 0.5) is 10.1 Å². The van der Waals surface area contributed by atoms with Crippen LogP contribution in [0.25, 0.3) is 0 Å². The first-order valence-electron chi connectivity index (χ1n) is 6.09. The molecule has 0 spiro atoms. The van der Waals surface area contributed by atoms with Gasteiger partial charge in [0, 0.05) is 16.8 Å². The highest BCUT2D eigenvalue weighted by Crippen LogP contribution is 2.15. The van der Waals surface area contributed by atoms with Crippen molar-refractivity contribution in [3.8, 4) is 0 Å². The van der Waals surface area contributed by atoms with Gasteiger partial charge in [-0.25, -0.2) is 9.18 Å². The second-order valence-corrected chi connectivity index (χ2v) is 4.33. The van der Waals surface area contributed by atoms with Gasteiger partial charge in [0.1, 0.15) is 12.4 Å². The number of anilines is 1. The summed E-state index contributed by atoms with van der Waals surface area (Å²) in [6.07, 6.45) is 0. The molecule has 108 valence electrons. The van der Waals surface area contributed by atoms with Gasteiger partial charge < -0.3 is 16.2 Å². The van der Waals surface area contributed by atoms with Crippen LogP contribution in [-0.4, -0.2) is 11.9 Å². The van der Waals surface area contributed by atoms with Crippen LogP contribution in [0.2, 0.25) is 0 Å². The third-order valence-electron chi connectivity index (χ3n) is 2.87. The molecule has 0 aliphatic rings. The van der Waals surface area contributed by atoms with E-state index in [4.69, 9.17) is 16.2 Å². The molecular formula is C15H13FN2O3. The van der Waals surface area contributed by atoms with Crippen molar-refractivity contribution >= 4 is 17.6 Å². The highest BCUT2D eigenvalue weighted by Gasteiger charge is 2.13. The normalized spacial score (nSPS) is 10.1. The fraction of sp³-hybridized carbons (Fsp3) is 0.0667. The lowest BCUT2D eigenvalue weighted by Gasteiger charge is -2.08. The molecule has 2 aromatic rings. The Labute approximate surface area is 120 Å². The van der Waals surface area contributed by atoms with Crippen molar-refractivity contribution in [3.63, 3.8) is 0 Å². The van der Waals surface area contributed by atoms with Crippen molar-refractivity contribution in [2.45, 2.75) is 6.61 Å². The molecule has 0 atom stereocenters. The number of primary amides is 1. The molecule has 2 aromatic carbocycles. The maximum atomic E-state index is 13.6. The van der Waals surface area contributed by atoms with Gasteiger partial charge in [0.25, 0.3) is 0 Å². The Kier molecular flexibility index (Phi) is 4.18. The number of ether oxygens (including phenoxy) is 1. The van der Waals surface area contributed by atoms with Crippen LogP contribution in [0.5, 0.6) is 0 Å². The monoisotopic (exact) mass is 288 g/mol. The van der Waals surface area contributed by atoms with E-state index < -0.39 is 17.7 Å². The third kappa shape index (κ3) is 3.36. The molecule has 4 N–H and O–H groups in total. The SMILES string of the molecule is NC(=O)c1ccc(F)c(COC(=O)c2ccccc2N)c1. The number of nitrogens with two attached hydrogens (primary N) is 2. The fourth-order valence-electron chi connectivity index (χ4n) is 1.74. The molecule has 1 amide bonds. The number of rotatable bonds is 4. The van der Waals surface area contributed by atoms with E-state index in [9.17, 15) is 14.0 Å². The lowest BCUT2D eigenvalue weighted by Crippen LogP contribution is -2.13. The Balaban J connectivity index is 2.13. The number of hydrogen-bond donors (Lipinski definition) is 2. The van der Waals surface area contributed by atoms with E-state index in [0.717, 1.165) is 6.07 Å². The lowest BCUT2D eigenvalue weighted by molar-refractivity contribution is 0.0470. The van der Waals surface area contributed by atoms with Crippen molar-refractivity contribution in [3.05, 3.63) is 65.0 Å². The van der Waals surface area contributed by atoms with Gasteiger partial charge >= 0.3 is 5.97 Å². The minimum atomic E-state index is -0.685. The number of nitrogen functional groups attached to an aromatic ring is 1. The summed E-state index contributed by atoms with van der Waals surface area (Å²) in [5.74, 6) is -1.94. The Morgan fingerprint density at radius 3 is 2.52 bits per heavy atom. The smallest absolute Gasteiger partial charge is 0.340 e. The second-order valence-electron chi connectivity index (χ2n) is 4.33. The van der Waals surface area contributed by atoms with E-state index in [1.807, 2.05) is 0 Å². The molecule has 0 saturated carbocycles. The molecule has 0 bridgehead atoms. The zero-order valence-corrected chi connectivity index (χ0v) is 11.0. The van der Waals surface area contributed by atoms with Gasteiger partial charge in [0.15, 0.2) is 0 Å². The standard InChI is InChI=1S/C15H13FN2O3/c16-12-6-5-9(14(18)19)7-10(12)8-21-15(20)11-3-1-2-4-13(11)17/h1-7H,8,17H2,(H2,18,19). The molecule has 0 aromatic heterocycles. The Morgan fingerprint density at radius 1 is 1.14 bits per heavy atom. The molecule has 0 heterocycles. The minimum absolute atomic E-state index is 0.0640. The molecule has 2 rings (SSSR count). The van der Waals surface area contributed by atoms with Crippen molar-refractivity contribution in [1.82, 2.24) is 0 Å². The third-order valence-corrected chi connectivity index (χ3v) is 2.87. The van der Waals surface area contributed by atoms with Gasteiger partial charge in [-0.2, -0.15) is 0 Å². The minimum Gasteiger partial charge on any atom is -0.457 e. The number of carbonyl (C=O) groups is 2. The van der Waals surface area contributed by atoms with Crippen LogP contribution in [0.15, 0.2) is 42.5 Å². The first-order valence-corrected chi connectivity index (χ1v) is 6.09. The molecule has 0 aliphatic carbocycles. The maximum absolute atomic E-state index is 13.6. The maximum Gasteiger partial charge on any atom is 0.340 e. The van der Waals surface area contributed by atoms with E-state index in [-0.39, 0.29) is 29.0 Å². The number of amides is 1. The zero-order valence-electron chi connectivity index (χ0n) is 11.0. The van der Waals surface area contributed by atoms with Crippen molar-refractivity contribution in [2.75, 3.05) is 5.73 Å². The molecule has 21 heavy (non-hydrogen) atoms. The van der Waals surface area contributed by atoms with E-state index in [1.165, 1.54) is 18.2 Å². The van der Waals surface area contributed by atoms with Crippen LogP contribution < -0.4 is 11.5 Å². The summed E-state index contributed by atoms with van der Waals surface area (Å²) in [5.41, 5.74) is 11.4. The Bertz CT molecular complexity index is 701. The quantitative estimate of drug-likeness (QED) is 0.663. The first kappa shape index (κ1) is 14.5. The summed E-state index contributed by atoms with van der Waals surface area (Å²) in [6, 6.07) is 10.00. The summed E-state index contributed by atoms with van der Waals surface area (Å²) in [7, 11) is 0. The van der Waals surface area contributed by atoms with E-state index in [2.05, 4.69) is 0 Å². The van der Waals surface area contributed by atoms with Crippen molar-refractivity contribution in [1.29, 1.82) is 0 Å². The van der Waals surface area contributed by atoms with Crippen molar-refractivity contribution in [2.24, 2.45) is 5.73 Å². The summed E-state index contributed by atoms with van der Waals surface area (Å²) in [4.78, 5) is 22.9. The predicted molar refractivity (Wildman–Crippen MR) is 74.9 cm³/mol. The zero-order chi connectivity index (χ0) is 15.4. The summed E-state index contributed by atoms with van der Waals surface area (Å²) >= 11 is 0. The van der Waals surface area contributed by atoms with Gasteiger partial charge in [0.2, 0.25) is 5.91 Å². The molecule has 0 aliphatic heterocycles. The van der Waals surface area contributed by atoms with Crippen LogP contribution in [0, 0.1) is 5.82 Å². The van der Waals surface area contributed by atoms with Gasteiger partial charge in [-0.05, 0) is 30.3 Å². The predicted octanol–water partition coefficient (Wildman–Crippen LogP) is 1.86. The lowest BCUT2D eigenvalue weighted by atomic mass is 10.1. The number of esters is 1. The van der Waals surface area contributed by atoms with Gasteiger partial charge in [0.05, 0.1) is 5.56 Å². The number of hydrogen-bond acceptors (Lipinski definition) is 4. The van der Waals surface area contributed by atoms with Crippen LogP contribution in [0.3, 0.4) is 0 Å². The van der Waals surface area contributed by atoms with Gasteiger partial charge in [-0.3, -0.25) is 4.79 Å². The average Bonchev–Trinajstić information content (AvgIpc) is 2.46. The molecule has 0 radical (unpaired) electrons. The average molecular weight is 288 g/mol. The number of para-hydroxylation sites is 1. The number of benzene rings is 2. The van der Waals surface area contributed by atoms with Crippen LogP contribution in [0.1, 0.15) is 26.3 Å². The van der Waals surface area contributed by atoms with E-state index in [0.29, 0.717) is 0 Å². The highest BCUT2D eigenvalue weighted by molar-refractivity contribution is 5.95. The van der Waals surface area contributed by atoms with Crippen LogP contribution in [-0.2, 0) is 11.3 Å². The molecule has 6 heteroatoms. The Morgan fingerprint density at radius 2 is 1.86 bits per heavy atom. The first-order chi connectivity index (χ1) is 9.99. The summed E-state index contributed by atoms with van der Waals surface area (Å²) in [6.45, 7) is -0.319. The molecule has 0 fully saturated rings. The van der Waals surface area contributed by atoms with Gasteiger partial charge in [-0.15, -0.1) is 0 Å². The molecule has 0 saturated heterocycles. The van der Waals surface area contributed by atoms with E-state index in [1.54, 1.807) is 18.2 Å².